The summed E-state index contributed by atoms with van der Waals surface area (Å²) in [6, 6.07) is 7.61. The van der Waals surface area contributed by atoms with E-state index in [1.54, 1.807) is 62.3 Å². The Labute approximate surface area is 319 Å². The van der Waals surface area contributed by atoms with Gasteiger partial charge in [0.2, 0.25) is 0 Å². The first-order valence-corrected chi connectivity index (χ1v) is 19.9. The number of hydroxylamine groups is 2. The maximum Gasteiger partial charge on any atom is 0.367 e. The largest absolute Gasteiger partial charge is 0.445 e. The molecule has 1 rings (SSSR count). The van der Waals surface area contributed by atoms with Gasteiger partial charge in [-0.1, -0.05) is 62.6 Å². The topological polar surface area (TPSA) is 145 Å². The summed E-state index contributed by atoms with van der Waals surface area (Å²) in [5.74, 6) is -9.59. The smallest absolute Gasteiger partial charge is 0.367 e. The Morgan fingerprint density at radius 1 is 0.604 bits per heavy atom. The van der Waals surface area contributed by atoms with Gasteiger partial charge in [0, 0.05) is 33.0 Å². The van der Waals surface area contributed by atoms with Crippen LogP contribution in [0.5, 0.6) is 5.75 Å². The second kappa shape index (κ2) is 26.8. The molecule has 0 radical (unpaired) electrons. The third kappa shape index (κ3) is 13.6. The van der Waals surface area contributed by atoms with Crippen molar-refractivity contribution in [3.63, 3.8) is 0 Å². The number of amides is 1. The Morgan fingerprint density at radius 3 is 1.51 bits per heavy atom. The second-order valence-corrected chi connectivity index (χ2v) is 11.9. The van der Waals surface area contributed by atoms with Crippen molar-refractivity contribution in [2.24, 2.45) is 0 Å². The van der Waals surface area contributed by atoms with Crippen LogP contribution in [0.1, 0.15) is 120 Å². The SMILES string of the molecule is CCCCCCCCCc1ccc(OC(CO)(OCC)N(OCC)C(OCC)(OCC)C(NC(=O)C(OCC)(OCC)OCC)(OCC)OCC)cc1. The number of aryl methyl sites for hydroxylation is 1. The molecule has 0 aliphatic carbocycles. The van der Waals surface area contributed by atoms with Gasteiger partial charge in [0.1, 0.15) is 12.4 Å². The first kappa shape index (κ1) is 49.1. The number of carbonyl (C=O) groups excluding carboxylic acids is 1. The van der Waals surface area contributed by atoms with E-state index < -0.39 is 36.2 Å². The highest BCUT2D eigenvalue weighted by Crippen LogP contribution is 2.41. The van der Waals surface area contributed by atoms with Crippen LogP contribution in [0.15, 0.2) is 24.3 Å². The minimum Gasteiger partial charge on any atom is -0.445 e. The molecule has 0 saturated carbocycles. The van der Waals surface area contributed by atoms with Crippen molar-refractivity contribution in [2.45, 2.75) is 144 Å². The van der Waals surface area contributed by atoms with Gasteiger partial charge in [0.15, 0.2) is 0 Å². The van der Waals surface area contributed by atoms with Gasteiger partial charge in [0.05, 0.1) is 26.4 Å². The lowest BCUT2D eigenvalue weighted by molar-refractivity contribution is -0.561. The number of rotatable bonds is 34. The second-order valence-electron chi connectivity index (χ2n) is 11.9. The van der Waals surface area contributed by atoms with Crippen LogP contribution in [0, 0.1) is 0 Å². The van der Waals surface area contributed by atoms with Crippen molar-refractivity contribution in [3.8, 4) is 5.75 Å². The normalized spacial score (nSPS) is 13.7. The molecule has 0 fully saturated rings. The van der Waals surface area contributed by atoms with Crippen molar-refractivity contribution >= 4 is 5.91 Å². The molecular weight excluding hydrogens is 688 g/mol. The molecule has 0 saturated heterocycles. The Balaban J connectivity index is 3.88. The summed E-state index contributed by atoms with van der Waals surface area (Å²) in [6.45, 7) is 17.1. The zero-order chi connectivity index (χ0) is 39.6. The van der Waals surface area contributed by atoms with Gasteiger partial charge in [-0.05, 0) is 92.9 Å². The summed E-state index contributed by atoms with van der Waals surface area (Å²) in [5, 5.41) is 15.2. The predicted octanol–water partition coefficient (Wildman–Crippen LogP) is 6.63. The van der Waals surface area contributed by atoms with Crippen LogP contribution in [-0.4, -0.2) is 106 Å². The van der Waals surface area contributed by atoms with Gasteiger partial charge in [-0.2, -0.15) is 0 Å². The number of benzene rings is 1. The lowest BCUT2D eigenvalue weighted by atomic mass is 10.0. The highest BCUT2D eigenvalue weighted by atomic mass is 16.9. The lowest BCUT2D eigenvalue weighted by Crippen LogP contribution is -2.81. The summed E-state index contributed by atoms with van der Waals surface area (Å²) < 4.78 is 55.8. The molecular formula is C39H72N2O12. The van der Waals surface area contributed by atoms with Crippen LogP contribution in [-0.2, 0) is 53.9 Å². The molecule has 0 aliphatic heterocycles. The minimum atomic E-state index is -2.36. The number of hydrogen-bond acceptors (Lipinski definition) is 13. The van der Waals surface area contributed by atoms with Crippen molar-refractivity contribution in [1.29, 1.82) is 0 Å². The first-order chi connectivity index (χ1) is 25.6. The highest BCUT2D eigenvalue weighted by molar-refractivity contribution is 5.82. The summed E-state index contributed by atoms with van der Waals surface area (Å²) in [5.41, 5.74) is 1.16. The monoisotopic (exact) mass is 761 g/mol. The van der Waals surface area contributed by atoms with Gasteiger partial charge >= 0.3 is 29.6 Å². The molecule has 1 aromatic rings. The summed E-state index contributed by atoms with van der Waals surface area (Å²) in [7, 11) is 0. The van der Waals surface area contributed by atoms with Gasteiger partial charge < -0.3 is 47.7 Å². The minimum absolute atomic E-state index is 0.0144. The number of aliphatic hydroxyl groups excluding tert-OH is 1. The van der Waals surface area contributed by atoms with Gasteiger partial charge in [0.25, 0.3) is 0 Å². The van der Waals surface area contributed by atoms with Crippen LogP contribution in [0.2, 0.25) is 0 Å². The van der Waals surface area contributed by atoms with Gasteiger partial charge in [-0.3, -0.25) is 14.9 Å². The lowest BCUT2D eigenvalue weighted by Gasteiger charge is -2.55. The van der Waals surface area contributed by atoms with Crippen molar-refractivity contribution < 1.29 is 57.4 Å². The van der Waals surface area contributed by atoms with E-state index in [0.717, 1.165) is 23.5 Å². The molecule has 0 aliphatic rings. The zero-order valence-corrected chi connectivity index (χ0v) is 34.4. The fourth-order valence-corrected chi connectivity index (χ4v) is 6.00. The average molecular weight is 761 g/mol. The van der Waals surface area contributed by atoms with E-state index in [1.165, 1.54) is 38.5 Å². The van der Waals surface area contributed by atoms with Crippen molar-refractivity contribution in [2.75, 3.05) is 66.1 Å². The maximum absolute atomic E-state index is 14.4. The predicted molar refractivity (Wildman–Crippen MR) is 201 cm³/mol. The molecule has 14 nitrogen and oxygen atoms in total. The molecule has 0 spiro atoms. The molecule has 310 valence electrons. The molecule has 0 aromatic heterocycles. The fourth-order valence-electron chi connectivity index (χ4n) is 6.00. The van der Waals surface area contributed by atoms with E-state index in [0.29, 0.717) is 5.75 Å². The number of carbonyl (C=O) groups is 1. The van der Waals surface area contributed by atoms with Crippen LogP contribution >= 0.6 is 0 Å². The average Bonchev–Trinajstić information content (AvgIpc) is 3.14. The number of unbranched alkanes of at least 4 members (excludes halogenated alkanes) is 6. The summed E-state index contributed by atoms with van der Waals surface area (Å²) in [4.78, 5) is 20.7. The number of nitrogens with one attached hydrogen (secondary N) is 1. The Morgan fingerprint density at radius 2 is 1.08 bits per heavy atom. The third-order valence-electron chi connectivity index (χ3n) is 8.02. The van der Waals surface area contributed by atoms with E-state index in [2.05, 4.69) is 12.2 Å². The molecule has 1 unspecified atom stereocenters. The van der Waals surface area contributed by atoms with Crippen LogP contribution in [0.4, 0.5) is 0 Å². The quantitative estimate of drug-likeness (QED) is 0.0441. The highest BCUT2D eigenvalue weighted by Gasteiger charge is 2.70. The van der Waals surface area contributed by atoms with Crippen molar-refractivity contribution in [1.82, 2.24) is 10.4 Å². The molecule has 53 heavy (non-hydrogen) atoms. The van der Waals surface area contributed by atoms with Gasteiger partial charge in [-0.15, -0.1) is 0 Å². The molecule has 0 bridgehead atoms. The molecule has 0 heterocycles. The standard InChI is InChI=1S/C39H72N2O12/c1-11-21-22-23-24-25-26-27-33-28-30-34(31-29-33)53-36(32-42,44-12-2)41(52-20-10)39(50-18-8,51-19-9)38(48-16-6,49-17-7)40-35(43)37(45-13-3,46-14-4)47-15-5/h28-31,42H,11-27,32H2,1-10H3,(H,40,43). The van der Waals surface area contributed by atoms with E-state index in [-0.39, 0.29) is 59.5 Å². The van der Waals surface area contributed by atoms with E-state index in [1.807, 2.05) is 24.3 Å². The summed E-state index contributed by atoms with van der Waals surface area (Å²) in [6.07, 6.45) is 9.53. The number of nitrogens with zero attached hydrogens (tertiary/aromatic N) is 1. The van der Waals surface area contributed by atoms with Gasteiger partial charge in [-0.25, -0.2) is 0 Å². The molecule has 2 N–H and O–H groups in total. The van der Waals surface area contributed by atoms with E-state index in [4.69, 9.17) is 47.5 Å². The maximum atomic E-state index is 14.4. The Kier molecular flexibility index (Phi) is 24.8. The molecule has 1 amide bonds. The zero-order valence-electron chi connectivity index (χ0n) is 34.4. The fraction of sp³-hybridized carbons (Fsp3) is 0.821. The molecule has 1 atom stereocenters. The van der Waals surface area contributed by atoms with E-state index in [9.17, 15) is 9.90 Å². The van der Waals surface area contributed by atoms with Crippen LogP contribution < -0.4 is 10.1 Å². The number of aliphatic hydroxyl groups is 1. The summed E-state index contributed by atoms with van der Waals surface area (Å²) >= 11 is 0. The Bertz CT molecular complexity index is 1050. The van der Waals surface area contributed by atoms with E-state index >= 15 is 0 Å². The van der Waals surface area contributed by atoms with Crippen LogP contribution in [0.3, 0.4) is 0 Å². The number of hydrogen-bond donors (Lipinski definition) is 2. The van der Waals surface area contributed by atoms with Crippen molar-refractivity contribution in [3.05, 3.63) is 29.8 Å². The number of ether oxygens (including phenoxy) is 9. The third-order valence-corrected chi connectivity index (χ3v) is 8.02. The molecule has 1 aromatic carbocycles. The molecule has 14 heteroatoms. The van der Waals surface area contributed by atoms with Crippen LogP contribution in [0.25, 0.3) is 0 Å². The first-order valence-electron chi connectivity index (χ1n) is 19.9. The Hall–Kier alpha value is -1.95.